The molecule has 4 aromatic rings. The van der Waals surface area contributed by atoms with Crippen LogP contribution in [-0.2, 0) is 6.61 Å². The highest BCUT2D eigenvalue weighted by atomic mass is 19.1. The first-order chi connectivity index (χ1) is 15.4. The van der Waals surface area contributed by atoms with Crippen LogP contribution >= 0.6 is 0 Å². The van der Waals surface area contributed by atoms with E-state index in [9.17, 15) is 18.4 Å². The number of halogens is 2. The molecule has 0 saturated heterocycles. The van der Waals surface area contributed by atoms with E-state index in [1.54, 1.807) is 36.5 Å². The molecule has 0 aliphatic heterocycles. The van der Waals surface area contributed by atoms with Gasteiger partial charge >= 0.3 is 6.03 Å². The minimum absolute atomic E-state index is 0.00697. The largest absolute Gasteiger partial charge is 0.485 e. The first-order valence-corrected chi connectivity index (χ1v) is 9.63. The van der Waals surface area contributed by atoms with E-state index in [0.717, 1.165) is 17.7 Å². The number of fused-ring (bicyclic) bond motifs is 1. The van der Waals surface area contributed by atoms with Crippen molar-refractivity contribution in [3.05, 3.63) is 100 Å². The van der Waals surface area contributed by atoms with E-state index in [2.05, 4.69) is 15.6 Å². The van der Waals surface area contributed by atoms with Crippen molar-refractivity contribution < 1.29 is 18.3 Å². The molecule has 0 bridgehead atoms. The first kappa shape index (κ1) is 21.0. The number of urea groups is 1. The maximum Gasteiger partial charge on any atom is 0.323 e. The fourth-order valence-electron chi connectivity index (χ4n) is 3.10. The zero-order valence-corrected chi connectivity index (χ0v) is 16.9. The van der Waals surface area contributed by atoms with Crippen molar-refractivity contribution in [2.24, 2.45) is 0 Å². The van der Waals surface area contributed by atoms with Gasteiger partial charge in [0.05, 0.1) is 17.1 Å². The smallest absolute Gasteiger partial charge is 0.323 e. The molecule has 32 heavy (non-hydrogen) atoms. The average Bonchev–Trinajstić information content (AvgIpc) is 2.76. The highest BCUT2D eigenvalue weighted by Crippen LogP contribution is 2.25. The summed E-state index contributed by atoms with van der Waals surface area (Å²) in [6, 6.07) is 13.7. The van der Waals surface area contributed by atoms with Crippen LogP contribution in [0.1, 0.15) is 11.3 Å². The predicted octanol–water partition coefficient (Wildman–Crippen LogP) is 4.50. The summed E-state index contributed by atoms with van der Waals surface area (Å²) in [6.45, 7) is 1.85. The Hall–Kier alpha value is -4.27. The minimum atomic E-state index is -0.895. The van der Waals surface area contributed by atoms with E-state index >= 15 is 0 Å². The third kappa shape index (κ3) is 4.56. The zero-order valence-electron chi connectivity index (χ0n) is 16.9. The number of aryl methyl sites for hydroxylation is 1. The van der Waals surface area contributed by atoms with Crippen molar-refractivity contribution >= 4 is 23.1 Å². The SMILES string of the molecule is Cc1cccn2c(=O)cc(COc3ccccc3NC(=O)Nc3ccc(F)cc3F)nc12. The van der Waals surface area contributed by atoms with Gasteiger partial charge < -0.3 is 15.4 Å². The molecule has 9 heteroatoms. The van der Waals surface area contributed by atoms with Gasteiger partial charge in [-0.25, -0.2) is 18.6 Å². The van der Waals surface area contributed by atoms with Crippen LogP contribution in [0, 0.1) is 18.6 Å². The fourth-order valence-corrected chi connectivity index (χ4v) is 3.10. The molecule has 2 aromatic heterocycles. The molecule has 0 unspecified atom stereocenters. The first-order valence-electron chi connectivity index (χ1n) is 9.63. The second-order valence-electron chi connectivity index (χ2n) is 6.96. The predicted molar refractivity (Wildman–Crippen MR) is 116 cm³/mol. The van der Waals surface area contributed by atoms with Crippen LogP contribution in [0.4, 0.5) is 25.0 Å². The van der Waals surface area contributed by atoms with Crippen LogP contribution < -0.4 is 20.9 Å². The summed E-state index contributed by atoms with van der Waals surface area (Å²) >= 11 is 0. The summed E-state index contributed by atoms with van der Waals surface area (Å²) in [7, 11) is 0. The summed E-state index contributed by atoms with van der Waals surface area (Å²) in [5.41, 5.74) is 1.73. The van der Waals surface area contributed by atoms with E-state index < -0.39 is 17.7 Å². The maximum absolute atomic E-state index is 13.8. The standard InChI is InChI=1S/C23H18F2N4O3/c1-14-5-4-10-29-21(30)12-16(26-22(14)29)13-32-20-7-3-2-6-19(20)28-23(31)27-18-9-8-15(24)11-17(18)25/h2-12H,13H2,1H3,(H2,27,28,31). The van der Waals surface area contributed by atoms with Gasteiger partial charge in [-0.3, -0.25) is 9.20 Å². The number of ether oxygens (including phenoxy) is 1. The molecule has 0 atom stereocenters. The van der Waals surface area contributed by atoms with E-state index in [0.29, 0.717) is 28.8 Å². The average molecular weight is 436 g/mol. The van der Waals surface area contributed by atoms with Crippen LogP contribution in [0.5, 0.6) is 5.75 Å². The lowest BCUT2D eigenvalue weighted by Gasteiger charge is -2.13. The lowest BCUT2D eigenvalue weighted by atomic mass is 10.2. The Morgan fingerprint density at radius 2 is 1.81 bits per heavy atom. The highest BCUT2D eigenvalue weighted by Gasteiger charge is 2.12. The molecule has 7 nitrogen and oxygen atoms in total. The number of amides is 2. The third-order valence-corrected chi connectivity index (χ3v) is 4.63. The Bertz CT molecular complexity index is 1370. The number of anilines is 2. The Balaban J connectivity index is 1.49. The van der Waals surface area contributed by atoms with Gasteiger partial charge in [0.25, 0.3) is 5.56 Å². The number of para-hydroxylation sites is 2. The summed E-state index contributed by atoms with van der Waals surface area (Å²) in [5.74, 6) is -1.31. The molecule has 2 heterocycles. The molecule has 2 N–H and O–H groups in total. The minimum Gasteiger partial charge on any atom is -0.485 e. The molecule has 0 spiro atoms. The normalized spacial score (nSPS) is 10.7. The topological polar surface area (TPSA) is 84.7 Å². The number of benzene rings is 2. The molecular formula is C23H18F2N4O3. The number of carbonyl (C=O) groups is 1. The number of nitrogens with one attached hydrogen (secondary N) is 2. The molecule has 0 fully saturated rings. The monoisotopic (exact) mass is 436 g/mol. The summed E-state index contributed by atoms with van der Waals surface area (Å²) < 4.78 is 34.0. The van der Waals surface area contributed by atoms with Gasteiger partial charge in [-0.2, -0.15) is 0 Å². The Kier molecular flexibility index (Phi) is 5.80. The van der Waals surface area contributed by atoms with Gasteiger partial charge in [-0.05, 0) is 42.8 Å². The van der Waals surface area contributed by atoms with Crippen LogP contribution in [0.25, 0.3) is 5.65 Å². The van der Waals surface area contributed by atoms with Crippen LogP contribution in [0.2, 0.25) is 0 Å². The lowest BCUT2D eigenvalue weighted by Crippen LogP contribution is -2.21. The summed E-state index contributed by atoms with van der Waals surface area (Å²) in [4.78, 5) is 29.1. The van der Waals surface area contributed by atoms with Gasteiger partial charge in [0.2, 0.25) is 0 Å². The van der Waals surface area contributed by atoms with Gasteiger partial charge in [0.15, 0.2) is 0 Å². The Morgan fingerprint density at radius 3 is 2.62 bits per heavy atom. The van der Waals surface area contributed by atoms with E-state index in [1.807, 2.05) is 13.0 Å². The number of hydrogen-bond donors (Lipinski definition) is 2. The number of carbonyl (C=O) groups excluding carboxylic acids is 1. The van der Waals surface area contributed by atoms with Gasteiger partial charge in [0, 0.05) is 18.3 Å². The Labute approximate surface area is 181 Å². The molecule has 4 rings (SSSR count). The lowest BCUT2D eigenvalue weighted by molar-refractivity contribution is 0.261. The molecular weight excluding hydrogens is 418 g/mol. The number of hydrogen-bond acceptors (Lipinski definition) is 4. The number of pyridine rings is 1. The van der Waals surface area contributed by atoms with Gasteiger partial charge in [0.1, 0.15) is 29.6 Å². The second kappa shape index (κ2) is 8.84. The molecule has 2 aromatic carbocycles. The number of nitrogens with zero attached hydrogens (tertiary/aromatic N) is 2. The van der Waals surface area contributed by atoms with Gasteiger partial charge in [-0.15, -0.1) is 0 Å². The van der Waals surface area contributed by atoms with Crippen molar-refractivity contribution in [2.45, 2.75) is 13.5 Å². The van der Waals surface area contributed by atoms with Crippen LogP contribution in [-0.4, -0.2) is 15.4 Å². The molecule has 0 aliphatic carbocycles. The molecule has 0 radical (unpaired) electrons. The highest BCUT2D eigenvalue weighted by molar-refractivity contribution is 6.00. The summed E-state index contributed by atoms with van der Waals surface area (Å²) in [5, 5.41) is 4.88. The number of rotatable bonds is 5. The zero-order chi connectivity index (χ0) is 22.7. The molecule has 0 aliphatic rings. The van der Waals surface area contributed by atoms with E-state index in [4.69, 9.17) is 4.74 Å². The van der Waals surface area contributed by atoms with Crippen molar-refractivity contribution in [1.29, 1.82) is 0 Å². The van der Waals surface area contributed by atoms with Crippen LogP contribution in [0.15, 0.2) is 71.7 Å². The van der Waals surface area contributed by atoms with E-state index in [1.165, 1.54) is 10.5 Å². The molecule has 0 saturated carbocycles. The Morgan fingerprint density at radius 1 is 1.03 bits per heavy atom. The van der Waals surface area contributed by atoms with Gasteiger partial charge in [-0.1, -0.05) is 18.2 Å². The summed E-state index contributed by atoms with van der Waals surface area (Å²) in [6.07, 6.45) is 1.64. The van der Waals surface area contributed by atoms with E-state index in [-0.39, 0.29) is 17.9 Å². The third-order valence-electron chi connectivity index (χ3n) is 4.63. The molecule has 162 valence electrons. The molecule has 2 amide bonds. The fraction of sp³-hybridized carbons (Fsp3) is 0.0870. The number of aromatic nitrogens is 2. The van der Waals surface area contributed by atoms with Crippen molar-refractivity contribution in [1.82, 2.24) is 9.38 Å². The van der Waals surface area contributed by atoms with Crippen LogP contribution in [0.3, 0.4) is 0 Å². The maximum atomic E-state index is 13.8. The van der Waals surface area contributed by atoms with Crippen molar-refractivity contribution in [3.63, 3.8) is 0 Å². The van der Waals surface area contributed by atoms with Crippen molar-refractivity contribution in [3.8, 4) is 5.75 Å². The quantitative estimate of drug-likeness (QED) is 0.482. The second-order valence-corrected chi connectivity index (χ2v) is 6.96. The van der Waals surface area contributed by atoms with Crippen molar-refractivity contribution in [2.75, 3.05) is 10.6 Å².